The van der Waals surface area contributed by atoms with Crippen molar-refractivity contribution in [1.82, 2.24) is 9.97 Å². The van der Waals surface area contributed by atoms with E-state index in [1.165, 1.54) is 0 Å². The van der Waals surface area contributed by atoms with Gasteiger partial charge in [-0.3, -0.25) is 9.97 Å². The summed E-state index contributed by atoms with van der Waals surface area (Å²) in [6, 6.07) is 11.9. The third kappa shape index (κ3) is 2.93. The number of hydrogen-bond donors (Lipinski definition) is 0. The van der Waals surface area contributed by atoms with Gasteiger partial charge in [0.1, 0.15) is 0 Å². The van der Waals surface area contributed by atoms with Crippen molar-refractivity contribution in [3.63, 3.8) is 0 Å². The molecule has 88 valence electrons. The van der Waals surface area contributed by atoms with Crippen LogP contribution in [0.1, 0.15) is 16.9 Å². The van der Waals surface area contributed by atoms with E-state index >= 15 is 0 Å². The van der Waals surface area contributed by atoms with Gasteiger partial charge in [0.15, 0.2) is 7.38 Å². The van der Waals surface area contributed by atoms with Crippen LogP contribution in [0.2, 0.25) is 13.1 Å². The molecule has 0 fully saturated rings. The average Bonchev–Trinajstić information content (AvgIpc) is 2.30. The summed E-state index contributed by atoms with van der Waals surface area (Å²) in [6.07, 6.45) is 3.62. The second kappa shape index (κ2) is 4.98. The lowest BCUT2D eigenvalue weighted by Crippen LogP contribution is -2.30. The highest BCUT2D eigenvalue weighted by atomic mass is 35.6. The number of nitrogens with zero attached hydrogens (tertiary/aromatic N) is 2. The van der Waals surface area contributed by atoms with E-state index in [2.05, 4.69) is 23.1 Å². The first-order valence-electron chi connectivity index (χ1n) is 5.60. The zero-order valence-electron chi connectivity index (χ0n) is 9.97. The predicted molar refractivity (Wildman–Crippen MR) is 73.7 cm³/mol. The van der Waals surface area contributed by atoms with Crippen molar-refractivity contribution in [2.75, 3.05) is 0 Å². The largest absolute Gasteiger partial charge is 0.261 e. The Bertz CT molecular complexity index is 428. The van der Waals surface area contributed by atoms with Gasteiger partial charge in [0.2, 0.25) is 0 Å². The highest BCUT2D eigenvalue weighted by Crippen LogP contribution is 2.33. The van der Waals surface area contributed by atoms with Crippen LogP contribution in [-0.4, -0.2) is 17.4 Å². The Labute approximate surface area is 107 Å². The molecule has 0 aromatic carbocycles. The third-order valence-corrected chi connectivity index (χ3v) is 5.27. The van der Waals surface area contributed by atoms with Crippen LogP contribution in [-0.2, 0) is 0 Å². The summed E-state index contributed by atoms with van der Waals surface area (Å²) in [7, 11) is -1.92. The van der Waals surface area contributed by atoms with Gasteiger partial charge in [0.25, 0.3) is 0 Å². The summed E-state index contributed by atoms with van der Waals surface area (Å²) in [5, 5.41) is 0. The molecule has 0 bridgehead atoms. The zero-order valence-corrected chi connectivity index (χ0v) is 11.7. The fourth-order valence-corrected chi connectivity index (χ4v) is 4.37. The summed E-state index contributed by atoms with van der Waals surface area (Å²) in [4.78, 5) is 8.86. The lowest BCUT2D eigenvalue weighted by molar-refractivity contribution is 0.953. The van der Waals surface area contributed by atoms with Crippen LogP contribution in [0, 0.1) is 0 Å². The fourth-order valence-electron chi connectivity index (χ4n) is 1.95. The van der Waals surface area contributed by atoms with Crippen molar-refractivity contribution in [2.24, 2.45) is 0 Å². The molecule has 4 heteroatoms. The Morgan fingerprint density at radius 3 is 1.71 bits per heavy atom. The maximum atomic E-state index is 6.63. The van der Waals surface area contributed by atoms with Crippen molar-refractivity contribution >= 4 is 18.5 Å². The summed E-state index contributed by atoms with van der Waals surface area (Å²) in [5.41, 5.74) is 2.15. The van der Waals surface area contributed by atoms with Gasteiger partial charge in [-0.1, -0.05) is 25.2 Å². The molecular weight excluding hydrogens is 248 g/mol. The minimum Gasteiger partial charge on any atom is -0.261 e. The molecule has 0 aliphatic rings. The summed E-state index contributed by atoms with van der Waals surface area (Å²) >= 11 is 6.63. The Morgan fingerprint density at radius 2 is 1.41 bits per heavy atom. The normalized spacial score (nSPS) is 11.8. The molecule has 17 heavy (non-hydrogen) atoms. The minimum atomic E-state index is -1.92. The SMILES string of the molecule is C[Si](C)(Cl)C(c1ccccn1)c1ccccn1. The summed E-state index contributed by atoms with van der Waals surface area (Å²) < 4.78 is 0. The molecule has 2 heterocycles. The second-order valence-electron chi connectivity index (χ2n) is 4.51. The van der Waals surface area contributed by atoms with E-state index in [0.29, 0.717) is 0 Å². The van der Waals surface area contributed by atoms with E-state index < -0.39 is 7.38 Å². The van der Waals surface area contributed by atoms with Crippen LogP contribution in [0.25, 0.3) is 0 Å². The molecule has 0 unspecified atom stereocenters. The van der Waals surface area contributed by atoms with Gasteiger partial charge in [-0.05, 0) is 24.3 Å². The van der Waals surface area contributed by atoms with E-state index in [1.54, 1.807) is 0 Å². The van der Waals surface area contributed by atoms with E-state index in [4.69, 9.17) is 11.1 Å². The van der Waals surface area contributed by atoms with Gasteiger partial charge in [0, 0.05) is 23.8 Å². The van der Waals surface area contributed by atoms with Gasteiger partial charge in [-0.15, -0.1) is 0 Å². The molecule has 2 aromatic rings. The van der Waals surface area contributed by atoms with Crippen LogP contribution in [0.4, 0.5) is 0 Å². The first-order valence-corrected chi connectivity index (χ1v) is 9.69. The molecule has 0 N–H and O–H groups in total. The van der Waals surface area contributed by atoms with Crippen molar-refractivity contribution in [2.45, 2.75) is 18.6 Å². The van der Waals surface area contributed by atoms with Gasteiger partial charge < -0.3 is 0 Å². The summed E-state index contributed by atoms with van der Waals surface area (Å²) in [5.74, 6) is 0. The first kappa shape index (κ1) is 12.3. The van der Waals surface area contributed by atoms with Crippen LogP contribution < -0.4 is 0 Å². The third-order valence-electron chi connectivity index (χ3n) is 2.65. The van der Waals surface area contributed by atoms with Crippen molar-refractivity contribution < 1.29 is 0 Å². The number of aromatic nitrogens is 2. The highest BCUT2D eigenvalue weighted by molar-refractivity contribution is 7.19. The predicted octanol–water partition coefficient (Wildman–Crippen LogP) is 3.59. The Morgan fingerprint density at radius 1 is 0.941 bits per heavy atom. The highest BCUT2D eigenvalue weighted by Gasteiger charge is 2.34. The van der Waals surface area contributed by atoms with Crippen LogP contribution in [0.3, 0.4) is 0 Å². The molecule has 2 nitrogen and oxygen atoms in total. The lowest BCUT2D eigenvalue weighted by Gasteiger charge is -2.25. The van der Waals surface area contributed by atoms with Crippen LogP contribution >= 0.6 is 11.1 Å². The number of hydrogen-bond acceptors (Lipinski definition) is 2. The van der Waals surface area contributed by atoms with Crippen molar-refractivity contribution in [1.29, 1.82) is 0 Å². The van der Waals surface area contributed by atoms with Gasteiger partial charge in [-0.2, -0.15) is 11.1 Å². The fraction of sp³-hybridized carbons (Fsp3) is 0.231. The monoisotopic (exact) mass is 262 g/mol. The van der Waals surface area contributed by atoms with Gasteiger partial charge in [-0.25, -0.2) is 0 Å². The quantitative estimate of drug-likeness (QED) is 0.624. The maximum absolute atomic E-state index is 6.63. The zero-order chi connectivity index (χ0) is 12.3. The molecule has 0 saturated carbocycles. The van der Waals surface area contributed by atoms with Gasteiger partial charge >= 0.3 is 0 Å². The minimum absolute atomic E-state index is 0.131. The molecule has 0 atom stereocenters. The van der Waals surface area contributed by atoms with E-state index in [0.717, 1.165) is 11.4 Å². The Hall–Kier alpha value is -1.19. The molecule has 0 aliphatic heterocycles. The maximum Gasteiger partial charge on any atom is 0.165 e. The van der Waals surface area contributed by atoms with Crippen LogP contribution in [0.15, 0.2) is 48.8 Å². The van der Waals surface area contributed by atoms with Crippen molar-refractivity contribution in [3.8, 4) is 0 Å². The lowest BCUT2D eigenvalue weighted by atomic mass is 10.2. The standard InChI is InChI=1S/C13H15ClN2Si/c1-17(2,14)13(11-7-3-5-9-15-11)12-8-4-6-10-16-12/h3-10,13H,1-2H3. The topological polar surface area (TPSA) is 25.8 Å². The number of pyridine rings is 2. The number of rotatable bonds is 3. The molecule has 0 radical (unpaired) electrons. The molecule has 0 spiro atoms. The van der Waals surface area contributed by atoms with E-state index in [-0.39, 0.29) is 5.54 Å². The average molecular weight is 263 g/mol. The van der Waals surface area contributed by atoms with Crippen molar-refractivity contribution in [3.05, 3.63) is 60.2 Å². The molecule has 0 saturated heterocycles. The second-order valence-corrected chi connectivity index (χ2v) is 11.1. The molecule has 2 rings (SSSR count). The van der Waals surface area contributed by atoms with E-state index in [1.807, 2.05) is 48.8 Å². The van der Waals surface area contributed by atoms with Gasteiger partial charge in [0.05, 0.1) is 5.54 Å². The molecule has 0 aliphatic carbocycles. The molecule has 2 aromatic heterocycles. The molecule has 0 amide bonds. The Balaban J connectivity index is 2.48. The molecular formula is C13H15ClN2Si. The summed E-state index contributed by atoms with van der Waals surface area (Å²) in [6.45, 7) is 4.26. The smallest absolute Gasteiger partial charge is 0.165 e. The van der Waals surface area contributed by atoms with E-state index in [9.17, 15) is 0 Å². The number of halogens is 1. The first-order chi connectivity index (χ1) is 8.09. The van der Waals surface area contributed by atoms with Crippen LogP contribution in [0.5, 0.6) is 0 Å². The Kier molecular flexibility index (Phi) is 3.59.